The number of hydrogen-bond donors (Lipinski definition) is 0. The van der Waals surface area contributed by atoms with Crippen LogP contribution in [0.5, 0.6) is 0 Å². The van der Waals surface area contributed by atoms with E-state index in [0.29, 0.717) is 0 Å². The minimum absolute atomic E-state index is 0.0588. The zero-order chi connectivity index (χ0) is 27.3. The zero-order valence-electron chi connectivity index (χ0n) is 23.0. The van der Waals surface area contributed by atoms with Gasteiger partial charge in [-0.2, -0.15) is 0 Å². The van der Waals surface area contributed by atoms with Crippen molar-refractivity contribution in [2.24, 2.45) is 0 Å². The van der Waals surface area contributed by atoms with Crippen LogP contribution < -0.4 is 0 Å². The smallest absolute Gasteiger partial charge is 0.136 e. The summed E-state index contributed by atoms with van der Waals surface area (Å²) in [6, 6.07) is 46.1. The predicted molar refractivity (Wildman–Crippen MR) is 171 cm³/mol. The number of hydrogen-bond acceptors (Lipinski definition) is 1. The molecule has 0 fully saturated rings. The second-order valence-corrected chi connectivity index (χ2v) is 11.8. The lowest BCUT2D eigenvalue weighted by Gasteiger charge is -2.21. The third kappa shape index (κ3) is 3.02. The van der Waals surface area contributed by atoms with E-state index in [9.17, 15) is 0 Å². The first kappa shape index (κ1) is 22.7. The fourth-order valence-corrected chi connectivity index (χ4v) is 7.25. The van der Waals surface area contributed by atoms with E-state index < -0.39 is 0 Å². The van der Waals surface area contributed by atoms with Crippen LogP contribution in [0.1, 0.15) is 25.0 Å². The van der Waals surface area contributed by atoms with Gasteiger partial charge in [-0.05, 0) is 75.8 Å². The van der Waals surface area contributed by atoms with E-state index in [2.05, 4.69) is 146 Å². The van der Waals surface area contributed by atoms with Gasteiger partial charge >= 0.3 is 0 Å². The van der Waals surface area contributed by atoms with Gasteiger partial charge < -0.3 is 8.98 Å². The monoisotopic (exact) mass is 525 g/mol. The molecule has 2 heteroatoms. The third-order valence-corrected chi connectivity index (χ3v) is 9.20. The van der Waals surface area contributed by atoms with E-state index in [0.717, 1.165) is 27.6 Å². The second kappa shape index (κ2) is 7.99. The summed E-state index contributed by atoms with van der Waals surface area (Å²) in [4.78, 5) is 0. The Morgan fingerprint density at radius 3 is 2.20 bits per heavy atom. The van der Waals surface area contributed by atoms with E-state index in [1.165, 1.54) is 55.2 Å². The van der Waals surface area contributed by atoms with Crippen LogP contribution in [0.3, 0.4) is 0 Å². The molecule has 9 rings (SSSR count). The molecule has 0 spiro atoms. The summed E-state index contributed by atoms with van der Waals surface area (Å²) in [6.45, 7) is 4.70. The predicted octanol–water partition coefficient (Wildman–Crippen LogP) is 10.7. The van der Waals surface area contributed by atoms with E-state index in [1.54, 1.807) is 0 Å². The molecule has 2 aromatic heterocycles. The summed E-state index contributed by atoms with van der Waals surface area (Å²) in [5.41, 5.74) is 13.2. The van der Waals surface area contributed by atoms with E-state index in [4.69, 9.17) is 4.42 Å². The summed E-state index contributed by atoms with van der Waals surface area (Å²) in [5, 5.41) is 4.86. The maximum absolute atomic E-state index is 6.38. The van der Waals surface area contributed by atoms with Crippen LogP contribution in [0.2, 0.25) is 0 Å². The Morgan fingerprint density at radius 1 is 0.512 bits per heavy atom. The van der Waals surface area contributed by atoms with Crippen LogP contribution in [0.25, 0.3) is 71.7 Å². The van der Waals surface area contributed by atoms with Crippen molar-refractivity contribution in [3.63, 3.8) is 0 Å². The van der Waals surface area contributed by atoms with Gasteiger partial charge in [-0.25, -0.2) is 0 Å². The highest BCUT2D eigenvalue weighted by atomic mass is 16.3. The molecule has 0 radical (unpaired) electrons. The number of para-hydroxylation sites is 1. The number of benzene rings is 6. The quantitative estimate of drug-likeness (QED) is 0.219. The van der Waals surface area contributed by atoms with E-state index in [-0.39, 0.29) is 5.41 Å². The molecule has 0 atom stereocenters. The molecule has 0 bridgehead atoms. The normalized spacial score (nSPS) is 13.8. The van der Waals surface area contributed by atoms with E-state index >= 15 is 0 Å². The number of nitrogens with zero attached hydrogens (tertiary/aromatic N) is 1. The molecule has 0 saturated heterocycles. The molecule has 0 aliphatic heterocycles. The first-order valence-electron chi connectivity index (χ1n) is 14.3. The lowest BCUT2D eigenvalue weighted by Crippen LogP contribution is -2.14. The molecule has 6 aromatic carbocycles. The largest absolute Gasteiger partial charge is 0.456 e. The van der Waals surface area contributed by atoms with Gasteiger partial charge in [-0.15, -0.1) is 0 Å². The Bertz CT molecular complexity index is 2330. The Hall–Kier alpha value is -5.08. The highest BCUT2D eigenvalue weighted by molar-refractivity contribution is 6.14. The van der Waals surface area contributed by atoms with Gasteiger partial charge in [0, 0.05) is 32.6 Å². The van der Waals surface area contributed by atoms with Crippen LogP contribution in [0.4, 0.5) is 0 Å². The van der Waals surface area contributed by atoms with Gasteiger partial charge in [0.25, 0.3) is 0 Å². The van der Waals surface area contributed by atoms with Crippen molar-refractivity contribution >= 4 is 43.7 Å². The molecule has 41 heavy (non-hydrogen) atoms. The van der Waals surface area contributed by atoms with Crippen LogP contribution in [0, 0.1) is 0 Å². The van der Waals surface area contributed by atoms with Crippen LogP contribution in [-0.2, 0) is 5.41 Å². The van der Waals surface area contributed by atoms with Gasteiger partial charge in [0.2, 0.25) is 0 Å². The minimum atomic E-state index is -0.0588. The molecule has 0 unspecified atom stereocenters. The summed E-state index contributed by atoms with van der Waals surface area (Å²) >= 11 is 0. The summed E-state index contributed by atoms with van der Waals surface area (Å²) in [6.07, 6.45) is 0. The molecule has 8 aromatic rings. The van der Waals surface area contributed by atoms with Crippen molar-refractivity contribution in [2.45, 2.75) is 19.3 Å². The lowest BCUT2D eigenvalue weighted by molar-refractivity contribution is 0.661. The van der Waals surface area contributed by atoms with Gasteiger partial charge in [-0.1, -0.05) is 98.8 Å². The maximum atomic E-state index is 6.38. The van der Waals surface area contributed by atoms with Crippen LogP contribution in [0.15, 0.2) is 132 Å². The maximum Gasteiger partial charge on any atom is 0.136 e. The summed E-state index contributed by atoms with van der Waals surface area (Å²) < 4.78 is 8.81. The van der Waals surface area contributed by atoms with Crippen molar-refractivity contribution < 1.29 is 4.42 Å². The van der Waals surface area contributed by atoms with Crippen molar-refractivity contribution in [1.82, 2.24) is 4.57 Å². The summed E-state index contributed by atoms with van der Waals surface area (Å²) in [5.74, 6) is 0. The van der Waals surface area contributed by atoms with Crippen LogP contribution >= 0.6 is 0 Å². The SMILES string of the molecule is CC1(C)c2ccccc2-c2cc3c4ccccc4n(-c4ccc5oc6cccc(-c7ccccc7)c6c5c4)c3cc21. The Morgan fingerprint density at radius 2 is 1.29 bits per heavy atom. The van der Waals surface area contributed by atoms with Crippen molar-refractivity contribution in [3.05, 3.63) is 139 Å². The van der Waals surface area contributed by atoms with Crippen LogP contribution in [-0.4, -0.2) is 4.57 Å². The molecular weight excluding hydrogens is 498 g/mol. The number of rotatable bonds is 2. The molecule has 1 aliphatic rings. The standard InChI is InChI=1S/C39H27NO/c1-39(2)32-16-8-6-13-27(32)29-22-30-28-14-7-9-17-34(28)40(35(30)23-33(29)39)25-19-20-36-31(21-25)38-26(15-10-18-37(38)41-36)24-11-4-3-5-12-24/h3-23H,1-2H3. The highest BCUT2D eigenvalue weighted by Crippen LogP contribution is 2.51. The molecule has 194 valence electrons. The van der Waals surface area contributed by atoms with Crippen molar-refractivity contribution in [2.75, 3.05) is 0 Å². The molecule has 0 amide bonds. The first-order valence-corrected chi connectivity index (χ1v) is 14.3. The third-order valence-electron chi connectivity index (χ3n) is 9.20. The lowest BCUT2D eigenvalue weighted by atomic mass is 9.82. The Balaban J connectivity index is 1.36. The van der Waals surface area contributed by atoms with Gasteiger partial charge in [0.05, 0.1) is 11.0 Å². The molecule has 0 N–H and O–H groups in total. The minimum Gasteiger partial charge on any atom is -0.456 e. The van der Waals surface area contributed by atoms with E-state index in [1.807, 2.05) is 0 Å². The fraction of sp³-hybridized carbons (Fsp3) is 0.0769. The van der Waals surface area contributed by atoms with Gasteiger partial charge in [0.1, 0.15) is 11.2 Å². The number of aromatic nitrogens is 1. The average Bonchev–Trinajstić information content (AvgIpc) is 3.62. The molecule has 2 heterocycles. The van der Waals surface area contributed by atoms with Gasteiger partial charge in [0.15, 0.2) is 0 Å². The highest BCUT2D eigenvalue weighted by Gasteiger charge is 2.36. The van der Waals surface area contributed by atoms with Crippen molar-refractivity contribution in [1.29, 1.82) is 0 Å². The molecule has 1 aliphatic carbocycles. The zero-order valence-corrected chi connectivity index (χ0v) is 23.0. The second-order valence-electron chi connectivity index (χ2n) is 11.8. The first-order chi connectivity index (χ1) is 20.1. The molecular formula is C39H27NO. The van der Waals surface area contributed by atoms with Crippen molar-refractivity contribution in [3.8, 4) is 27.9 Å². The average molecular weight is 526 g/mol. The Labute approximate surface area is 238 Å². The topological polar surface area (TPSA) is 18.1 Å². The number of furan rings is 1. The fourth-order valence-electron chi connectivity index (χ4n) is 7.25. The Kier molecular flexibility index (Phi) is 4.42. The van der Waals surface area contributed by atoms with Gasteiger partial charge in [-0.3, -0.25) is 0 Å². The molecule has 2 nitrogen and oxygen atoms in total. The number of fused-ring (bicyclic) bond motifs is 9. The summed E-state index contributed by atoms with van der Waals surface area (Å²) in [7, 11) is 0. The molecule has 0 saturated carbocycles.